The first-order valence-electron chi connectivity index (χ1n) is 8.11. The number of rotatable bonds is 5. The zero-order valence-corrected chi connectivity index (χ0v) is 12.3. The molecule has 0 saturated carbocycles. The topological polar surface area (TPSA) is 35.5 Å². The van der Waals surface area contributed by atoms with Gasteiger partial charge in [-0.1, -0.05) is 18.6 Å². The molecule has 1 heterocycles. The quantitative estimate of drug-likeness (QED) is 0.811. The molecule has 1 aromatic carbocycles. The molecule has 1 unspecified atom stereocenters. The Kier molecular flexibility index (Phi) is 4.58. The molecule has 1 aliphatic carbocycles. The van der Waals surface area contributed by atoms with E-state index in [-0.39, 0.29) is 0 Å². The highest BCUT2D eigenvalue weighted by Gasteiger charge is 2.23. The number of phenolic OH excluding ortho intramolecular Hbond substituents is 1. The van der Waals surface area contributed by atoms with Gasteiger partial charge in [0, 0.05) is 6.04 Å². The second-order valence-corrected chi connectivity index (χ2v) is 6.15. The molecule has 2 aliphatic rings. The molecule has 0 amide bonds. The van der Waals surface area contributed by atoms with Gasteiger partial charge in [-0.15, -0.1) is 0 Å². The normalized spacial score (nSPS) is 22.9. The maximum Gasteiger partial charge on any atom is 0.119 e. The fourth-order valence-electron chi connectivity index (χ4n) is 3.61. The summed E-state index contributed by atoms with van der Waals surface area (Å²) in [5, 5.41) is 13.5. The summed E-state index contributed by atoms with van der Waals surface area (Å²) < 4.78 is 0. The number of nitrogens with one attached hydrogen (secondary N) is 1. The average molecular weight is 274 g/mol. The first-order chi connectivity index (χ1) is 9.84. The molecule has 1 aliphatic heterocycles. The molecule has 20 heavy (non-hydrogen) atoms. The van der Waals surface area contributed by atoms with E-state index in [1.165, 1.54) is 50.9 Å². The van der Waals surface area contributed by atoms with E-state index in [0.717, 1.165) is 24.9 Å². The van der Waals surface area contributed by atoms with E-state index in [1.54, 1.807) is 6.07 Å². The van der Waals surface area contributed by atoms with Crippen LogP contribution in [0.3, 0.4) is 0 Å². The van der Waals surface area contributed by atoms with Gasteiger partial charge < -0.3 is 15.3 Å². The Labute approximate surface area is 122 Å². The fourth-order valence-corrected chi connectivity index (χ4v) is 3.61. The Bertz CT molecular complexity index is 441. The van der Waals surface area contributed by atoms with Crippen LogP contribution < -0.4 is 5.32 Å². The number of piperidine rings is 1. The molecule has 3 rings (SSSR count). The molecule has 0 spiro atoms. The van der Waals surface area contributed by atoms with Gasteiger partial charge in [0.1, 0.15) is 5.75 Å². The van der Waals surface area contributed by atoms with Crippen LogP contribution in [0.5, 0.6) is 5.75 Å². The van der Waals surface area contributed by atoms with Crippen molar-refractivity contribution in [2.24, 2.45) is 0 Å². The lowest BCUT2D eigenvalue weighted by Gasteiger charge is -2.26. The lowest BCUT2D eigenvalue weighted by atomic mass is 10.1. The molecular weight excluding hydrogens is 248 g/mol. The van der Waals surface area contributed by atoms with Crippen LogP contribution >= 0.6 is 0 Å². The number of benzene rings is 1. The first-order valence-corrected chi connectivity index (χ1v) is 8.11. The van der Waals surface area contributed by atoms with E-state index in [1.807, 2.05) is 6.07 Å². The van der Waals surface area contributed by atoms with Crippen LogP contribution in [-0.4, -0.2) is 36.2 Å². The van der Waals surface area contributed by atoms with Gasteiger partial charge in [0.25, 0.3) is 0 Å². The summed E-state index contributed by atoms with van der Waals surface area (Å²) in [4.78, 5) is 2.60. The molecule has 1 atom stereocenters. The minimum absolute atomic E-state index is 0.443. The molecule has 2 N–H and O–H groups in total. The van der Waals surface area contributed by atoms with Crippen molar-refractivity contribution in [3.05, 3.63) is 29.3 Å². The zero-order valence-electron chi connectivity index (χ0n) is 12.3. The molecule has 3 nitrogen and oxygen atoms in total. The third-order valence-electron chi connectivity index (χ3n) is 4.74. The van der Waals surface area contributed by atoms with Gasteiger partial charge >= 0.3 is 0 Å². The highest BCUT2D eigenvalue weighted by Crippen LogP contribution is 2.36. The third kappa shape index (κ3) is 3.15. The monoisotopic (exact) mass is 274 g/mol. The summed E-state index contributed by atoms with van der Waals surface area (Å²) in [5.74, 6) is 0.472. The van der Waals surface area contributed by atoms with Gasteiger partial charge in [0.05, 0.1) is 0 Å². The predicted octanol–water partition coefficient (Wildman–Crippen LogP) is 2.85. The maximum atomic E-state index is 9.86. The second kappa shape index (κ2) is 6.59. The van der Waals surface area contributed by atoms with Crippen molar-refractivity contribution in [1.29, 1.82) is 0 Å². The Hall–Kier alpha value is -1.06. The van der Waals surface area contributed by atoms with E-state index in [9.17, 15) is 5.11 Å². The summed E-state index contributed by atoms with van der Waals surface area (Å²) in [6.45, 7) is 4.89. The van der Waals surface area contributed by atoms with Crippen molar-refractivity contribution in [3.63, 3.8) is 0 Å². The SMILES string of the molecule is Oc1cccc2c1CCC2NCCCN1CCCCC1. The number of hydrogen-bond donors (Lipinski definition) is 2. The molecular formula is C17H26N2O. The number of likely N-dealkylation sites (tertiary alicyclic amines) is 1. The van der Waals surface area contributed by atoms with Gasteiger partial charge in [-0.3, -0.25) is 0 Å². The smallest absolute Gasteiger partial charge is 0.119 e. The second-order valence-electron chi connectivity index (χ2n) is 6.15. The summed E-state index contributed by atoms with van der Waals surface area (Å²) in [6.07, 6.45) is 7.52. The van der Waals surface area contributed by atoms with Crippen LogP contribution in [0.25, 0.3) is 0 Å². The van der Waals surface area contributed by atoms with Crippen LogP contribution in [0.2, 0.25) is 0 Å². The van der Waals surface area contributed by atoms with E-state index >= 15 is 0 Å². The number of phenols is 1. The van der Waals surface area contributed by atoms with E-state index < -0.39 is 0 Å². The number of aromatic hydroxyl groups is 1. The van der Waals surface area contributed by atoms with E-state index in [0.29, 0.717) is 11.8 Å². The molecule has 1 aromatic rings. The Morgan fingerprint density at radius 3 is 2.90 bits per heavy atom. The lowest BCUT2D eigenvalue weighted by molar-refractivity contribution is 0.225. The minimum Gasteiger partial charge on any atom is -0.508 e. The fraction of sp³-hybridized carbons (Fsp3) is 0.647. The standard InChI is InChI=1S/C17H26N2O/c20-17-7-4-6-14-15(17)8-9-16(14)18-10-5-13-19-11-2-1-3-12-19/h4,6-7,16,18,20H,1-3,5,8-13H2. The van der Waals surface area contributed by atoms with Crippen molar-refractivity contribution in [2.75, 3.05) is 26.2 Å². The van der Waals surface area contributed by atoms with Crippen LogP contribution in [-0.2, 0) is 6.42 Å². The average Bonchev–Trinajstić information content (AvgIpc) is 2.90. The van der Waals surface area contributed by atoms with Crippen LogP contribution in [0.4, 0.5) is 0 Å². The summed E-state index contributed by atoms with van der Waals surface area (Å²) >= 11 is 0. The van der Waals surface area contributed by atoms with Gasteiger partial charge in [-0.25, -0.2) is 0 Å². The van der Waals surface area contributed by atoms with Crippen molar-refractivity contribution in [2.45, 2.75) is 44.6 Å². The van der Waals surface area contributed by atoms with E-state index in [4.69, 9.17) is 0 Å². The Morgan fingerprint density at radius 2 is 2.05 bits per heavy atom. The summed E-state index contributed by atoms with van der Waals surface area (Å²) in [5.41, 5.74) is 2.46. The zero-order chi connectivity index (χ0) is 13.8. The lowest BCUT2D eigenvalue weighted by Crippen LogP contribution is -2.32. The maximum absolute atomic E-state index is 9.86. The Balaban J connectivity index is 1.43. The van der Waals surface area contributed by atoms with Crippen molar-refractivity contribution in [3.8, 4) is 5.75 Å². The van der Waals surface area contributed by atoms with Crippen LogP contribution in [0.1, 0.15) is 49.3 Å². The molecule has 0 radical (unpaired) electrons. The van der Waals surface area contributed by atoms with Gasteiger partial charge in [-0.2, -0.15) is 0 Å². The van der Waals surface area contributed by atoms with Crippen LogP contribution in [0.15, 0.2) is 18.2 Å². The molecule has 1 fully saturated rings. The van der Waals surface area contributed by atoms with Crippen molar-refractivity contribution < 1.29 is 5.11 Å². The van der Waals surface area contributed by atoms with Crippen molar-refractivity contribution >= 4 is 0 Å². The molecule has 1 saturated heterocycles. The van der Waals surface area contributed by atoms with Gasteiger partial charge in [-0.05, 0) is 75.5 Å². The van der Waals surface area contributed by atoms with Gasteiger partial charge in [0.15, 0.2) is 0 Å². The highest BCUT2D eigenvalue weighted by molar-refractivity contribution is 5.44. The number of nitrogens with zero attached hydrogens (tertiary/aromatic N) is 1. The number of fused-ring (bicyclic) bond motifs is 1. The van der Waals surface area contributed by atoms with Crippen LogP contribution in [0, 0.1) is 0 Å². The Morgan fingerprint density at radius 1 is 1.20 bits per heavy atom. The predicted molar refractivity (Wildman–Crippen MR) is 82.1 cm³/mol. The largest absolute Gasteiger partial charge is 0.508 e. The third-order valence-corrected chi connectivity index (χ3v) is 4.74. The summed E-state index contributed by atoms with van der Waals surface area (Å²) in [7, 11) is 0. The minimum atomic E-state index is 0.443. The molecule has 0 aromatic heterocycles. The molecule has 3 heteroatoms. The van der Waals surface area contributed by atoms with Crippen molar-refractivity contribution in [1.82, 2.24) is 10.2 Å². The van der Waals surface area contributed by atoms with Gasteiger partial charge in [0.2, 0.25) is 0 Å². The first kappa shape index (κ1) is 13.9. The van der Waals surface area contributed by atoms with E-state index in [2.05, 4.69) is 16.3 Å². The summed E-state index contributed by atoms with van der Waals surface area (Å²) in [6, 6.07) is 6.36. The molecule has 110 valence electrons. The molecule has 0 bridgehead atoms. The highest BCUT2D eigenvalue weighted by atomic mass is 16.3. The number of hydrogen-bond acceptors (Lipinski definition) is 3.